The van der Waals surface area contributed by atoms with Crippen LogP contribution in [0, 0.1) is 0 Å². The van der Waals surface area contributed by atoms with Crippen molar-refractivity contribution in [3.8, 4) is 0 Å². The van der Waals surface area contributed by atoms with E-state index in [1.807, 2.05) is 24.0 Å². The molecule has 116 valence electrons. The molecule has 1 atom stereocenters. The van der Waals surface area contributed by atoms with Crippen LogP contribution in [0.1, 0.15) is 44.2 Å². The molecule has 1 unspecified atom stereocenters. The predicted octanol–water partition coefficient (Wildman–Crippen LogP) is 4.05. The van der Waals surface area contributed by atoms with E-state index in [1.165, 1.54) is 6.42 Å². The molecule has 0 aliphatic carbocycles. The summed E-state index contributed by atoms with van der Waals surface area (Å²) >= 11 is 12.2. The number of rotatable bonds is 5. The number of hydrogen-bond acceptors (Lipinski definition) is 2. The number of halogens is 2. The average molecular weight is 329 g/mol. The van der Waals surface area contributed by atoms with Crippen molar-refractivity contribution in [1.29, 1.82) is 0 Å². The molecule has 1 heterocycles. The Morgan fingerprint density at radius 1 is 1.29 bits per heavy atom. The lowest BCUT2D eigenvalue weighted by Gasteiger charge is -2.27. The molecule has 5 heteroatoms. The Hall–Kier alpha value is -0.770. The summed E-state index contributed by atoms with van der Waals surface area (Å²) in [5.41, 5.74) is 0.967. The highest BCUT2D eigenvalue weighted by molar-refractivity contribution is 6.42. The molecule has 0 aromatic heterocycles. The van der Waals surface area contributed by atoms with Crippen LogP contribution in [0.5, 0.6) is 0 Å². The molecule has 0 saturated carbocycles. The van der Waals surface area contributed by atoms with Crippen LogP contribution < -0.4 is 5.32 Å². The van der Waals surface area contributed by atoms with Gasteiger partial charge in [0, 0.05) is 32.1 Å². The van der Waals surface area contributed by atoms with Crippen molar-refractivity contribution in [2.75, 3.05) is 19.6 Å². The molecule has 1 fully saturated rings. The summed E-state index contributed by atoms with van der Waals surface area (Å²) in [5, 5.41) is 4.49. The van der Waals surface area contributed by atoms with Crippen molar-refractivity contribution in [1.82, 2.24) is 10.2 Å². The van der Waals surface area contributed by atoms with Crippen molar-refractivity contribution in [2.24, 2.45) is 0 Å². The number of nitrogens with one attached hydrogen (secondary N) is 1. The molecular formula is C16H22Cl2N2O. The highest BCUT2D eigenvalue weighted by Crippen LogP contribution is 2.29. The summed E-state index contributed by atoms with van der Waals surface area (Å²) in [6.45, 7) is 4.51. The minimum atomic E-state index is 0.0744. The monoisotopic (exact) mass is 328 g/mol. The Kier molecular flexibility index (Phi) is 6.34. The normalized spacial score (nSPS) is 16.8. The van der Waals surface area contributed by atoms with Gasteiger partial charge in [-0.1, -0.05) is 35.3 Å². The molecule has 0 spiro atoms. The Morgan fingerprint density at radius 2 is 2.00 bits per heavy atom. The van der Waals surface area contributed by atoms with E-state index < -0.39 is 0 Å². The lowest BCUT2D eigenvalue weighted by Crippen LogP contribution is -2.37. The SMILES string of the molecule is CC(NCCC(=O)N1CCCCC1)c1cccc(Cl)c1Cl. The van der Waals surface area contributed by atoms with Gasteiger partial charge in [-0.15, -0.1) is 0 Å². The standard InChI is InChI=1S/C16H22Cl2N2O/c1-12(13-6-5-7-14(17)16(13)18)19-9-8-15(21)20-10-3-2-4-11-20/h5-7,12,19H,2-4,8-11H2,1H3. The number of hydrogen-bond donors (Lipinski definition) is 1. The van der Waals surface area contributed by atoms with Gasteiger partial charge in [0.15, 0.2) is 0 Å². The van der Waals surface area contributed by atoms with Gasteiger partial charge in [-0.3, -0.25) is 4.79 Å². The first-order valence-electron chi connectivity index (χ1n) is 7.54. The molecule has 1 saturated heterocycles. The fourth-order valence-electron chi connectivity index (χ4n) is 2.66. The van der Waals surface area contributed by atoms with Gasteiger partial charge in [0.05, 0.1) is 10.0 Å². The van der Waals surface area contributed by atoms with E-state index in [2.05, 4.69) is 5.32 Å². The third-order valence-electron chi connectivity index (χ3n) is 3.95. The van der Waals surface area contributed by atoms with Crippen LogP contribution in [0.4, 0.5) is 0 Å². The van der Waals surface area contributed by atoms with Crippen molar-refractivity contribution in [3.63, 3.8) is 0 Å². The van der Waals surface area contributed by atoms with E-state index in [0.717, 1.165) is 31.5 Å². The third kappa shape index (κ3) is 4.60. The fraction of sp³-hybridized carbons (Fsp3) is 0.562. The topological polar surface area (TPSA) is 32.3 Å². The summed E-state index contributed by atoms with van der Waals surface area (Å²) in [5.74, 6) is 0.242. The second kappa shape index (κ2) is 8.02. The Labute approximate surface area is 136 Å². The molecule has 2 rings (SSSR count). The Bertz CT molecular complexity index is 487. The number of carbonyl (C=O) groups is 1. The molecule has 1 aliphatic rings. The van der Waals surface area contributed by atoms with Gasteiger partial charge in [-0.05, 0) is 37.8 Å². The van der Waals surface area contributed by atoms with Gasteiger partial charge < -0.3 is 10.2 Å². The van der Waals surface area contributed by atoms with Crippen LogP contribution in [0.3, 0.4) is 0 Å². The number of benzene rings is 1. The van der Waals surface area contributed by atoms with E-state index in [1.54, 1.807) is 6.07 Å². The van der Waals surface area contributed by atoms with Crippen LogP contribution >= 0.6 is 23.2 Å². The van der Waals surface area contributed by atoms with Crippen LogP contribution in [0.25, 0.3) is 0 Å². The third-order valence-corrected chi connectivity index (χ3v) is 4.78. The summed E-state index contributed by atoms with van der Waals surface area (Å²) in [6.07, 6.45) is 4.04. The number of amides is 1. The van der Waals surface area contributed by atoms with E-state index in [4.69, 9.17) is 23.2 Å². The second-order valence-corrected chi connectivity index (χ2v) is 6.30. The summed E-state index contributed by atoms with van der Waals surface area (Å²) in [6, 6.07) is 5.70. The molecule has 3 nitrogen and oxygen atoms in total. The lowest BCUT2D eigenvalue weighted by atomic mass is 10.1. The van der Waals surface area contributed by atoms with E-state index in [9.17, 15) is 4.79 Å². The molecule has 1 N–H and O–H groups in total. The maximum absolute atomic E-state index is 12.1. The average Bonchev–Trinajstić information content (AvgIpc) is 2.50. The Balaban J connectivity index is 1.80. The van der Waals surface area contributed by atoms with Crippen LogP contribution in [-0.4, -0.2) is 30.4 Å². The Morgan fingerprint density at radius 3 is 2.71 bits per heavy atom. The molecule has 1 aliphatic heterocycles. The minimum Gasteiger partial charge on any atom is -0.343 e. The zero-order valence-electron chi connectivity index (χ0n) is 12.4. The summed E-state index contributed by atoms with van der Waals surface area (Å²) in [4.78, 5) is 14.1. The summed E-state index contributed by atoms with van der Waals surface area (Å²) < 4.78 is 0. The van der Waals surface area contributed by atoms with Crippen molar-refractivity contribution in [2.45, 2.75) is 38.6 Å². The van der Waals surface area contributed by atoms with Gasteiger partial charge in [0.1, 0.15) is 0 Å². The first-order chi connectivity index (χ1) is 10.1. The number of carbonyl (C=O) groups excluding carboxylic acids is 1. The fourth-order valence-corrected chi connectivity index (χ4v) is 3.13. The molecule has 1 amide bonds. The second-order valence-electron chi connectivity index (χ2n) is 5.51. The highest BCUT2D eigenvalue weighted by Gasteiger charge is 2.17. The van der Waals surface area contributed by atoms with E-state index >= 15 is 0 Å². The quantitative estimate of drug-likeness (QED) is 0.884. The van der Waals surface area contributed by atoms with E-state index in [0.29, 0.717) is 23.0 Å². The molecule has 0 radical (unpaired) electrons. The van der Waals surface area contributed by atoms with Crippen molar-refractivity contribution in [3.05, 3.63) is 33.8 Å². The van der Waals surface area contributed by atoms with Gasteiger partial charge in [0.2, 0.25) is 5.91 Å². The van der Waals surface area contributed by atoms with Gasteiger partial charge >= 0.3 is 0 Å². The first-order valence-corrected chi connectivity index (χ1v) is 8.30. The largest absolute Gasteiger partial charge is 0.343 e. The van der Waals surface area contributed by atoms with Crippen LogP contribution in [0.15, 0.2) is 18.2 Å². The smallest absolute Gasteiger partial charge is 0.223 e. The van der Waals surface area contributed by atoms with Crippen molar-refractivity contribution >= 4 is 29.1 Å². The maximum atomic E-state index is 12.1. The van der Waals surface area contributed by atoms with Crippen LogP contribution in [0.2, 0.25) is 10.0 Å². The zero-order valence-corrected chi connectivity index (χ0v) is 13.9. The zero-order chi connectivity index (χ0) is 15.2. The lowest BCUT2D eigenvalue weighted by molar-refractivity contribution is -0.132. The first kappa shape index (κ1) is 16.6. The van der Waals surface area contributed by atoms with Gasteiger partial charge in [-0.25, -0.2) is 0 Å². The molecule has 21 heavy (non-hydrogen) atoms. The minimum absolute atomic E-state index is 0.0744. The van der Waals surface area contributed by atoms with Gasteiger partial charge in [-0.2, -0.15) is 0 Å². The van der Waals surface area contributed by atoms with Crippen molar-refractivity contribution < 1.29 is 4.79 Å². The highest BCUT2D eigenvalue weighted by atomic mass is 35.5. The van der Waals surface area contributed by atoms with E-state index in [-0.39, 0.29) is 11.9 Å². The molecular weight excluding hydrogens is 307 g/mol. The molecule has 0 bridgehead atoms. The molecule has 1 aromatic carbocycles. The maximum Gasteiger partial charge on any atom is 0.223 e. The molecule has 1 aromatic rings. The summed E-state index contributed by atoms with van der Waals surface area (Å²) in [7, 11) is 0. The number of nitrogens with zero attached hydrogens (tertiary/aromatic N) is 1. The van der Waals surface area contributed by atoms with Crippen LogP contribution in [-0.2, 0) is 4.79 Å². The number of piperidine rings is 1. The van der Waals surface area contributed by atoms with Gasteiger partial charge in [0.25, 0.3) is 0 Å². The number of likely N-dealkylation sites (tertiary alicyclic amines) is 1. The predicted molar refractivity (Wildman–Crippen MR) is 87.9 cm³/mol.